The van der Waals surface area contributed by atoms with E-state index in [1.54, 1.807) is 5.57 Å². The topological polar surface area (TPSA) is 0 Å². The average Bonchev–Trinajstić information content (AvgIpc) is 1.87. The zero-order chi connectivity index (χ0) is 8.85. The molecular formula is C9H20Si2. The fourth-order valence-electron chi connectivity index (χ4n) is 1.18. The van der Waals surface area contributed by atoms with Crippen LogP contribution in [0.2, 0.25) is 13.1 Å². The van der Waals surface area contributed by atoms with Crippen LogP contribution in [0.3, 0.4) is 0 Å². The van der Waals surface area contributed by atoms with Crippen molar-refractivity contribution >= 4 is 23.6 Å². The van der Waals surface area contributed by atoms with Gasteiger partial charge in [-0.2, -0.15) is 0 Å². The van der Waals surface area contributed by atoms with Crippen LogP contribution in [0.15, 0.2) is 10.4 Å². The zero-order valence-corrected chi connectivity index (χ0v) is 10.7. The quantitative estimate of drug-likeness (QED) is 0.588. The number of allylic oxidation sites excluding steroid dienone is 1. The van der Waals surface area contributed by atoms with Crippen LogP contribution in [0.25, 0.3) is 0 Å². The van der Waals surface area contributed by atoms with Gasteiger partial charge in [-0.1, -0.05) is 30.4 Å². The maximum Gasteiger partial charge on any atom is 0.0588 e. The SMILES string of the molecule is CCC=[SiH]C(=C(C)C)[SiH](C)C. The second-order valence-electron chi connectivity index (χ2n) is 3.42. The summed E-state index contributed by atoms with van der Waals surface area (Å²) in [6.07, 6.45) is 1.24. The van der Waals surface area contributed by atoms with Crippen LogP contribution in [0.5, 0.6) is 0 Å². The van der Waals surface area contributed by atoms with Crippen LogP contribution >= 0.6 is 0 Å². The molecule has 64 valence electrons. The van der Waals surface area contributed by atoms with E-state index in [9.17, 15) is 0 Å². The van der Waals surface area contributed by atoms with Crippen molar-refractivity contribution in [3.8, 4) is 0 Å². The molecule has 0 saturated heterocycles. The van der Waals surface area contributed by atoms with Crippen molar-refractivity contribution in [2.24, 2.45) is 0 Å². The lowest BCUT2D eigenvalue weighted by molar-refractivity contribution is 1.35. The Kier molecular flexibility index (Phi) is 5.69. The van der Waals surface area contributed by atoms with Gasteiger partial charge < -0.3 is 0 Å². The second kappa shape index (κ2) is 5.66. The molecule has 0 saturated carbocycles. The fraction of sp³-hybridized carbons (Fsp3) is 0.667. The average molecular weight is 184 g/mol. The molecule has 0 heterocycles. The molecule has 0 aliphatic rings. The van der Waals surface area contributed by atoms with Crippen LogP contribution in [0.4, 0.5) is 0 Å². The third-order valence-corrected chi connectivity index (χ3v) is 7.77. The lowest BCUT2D eigenvalue weighted by Crippen LogP contribution is -2.11. The van der Waals surface area contributed by atoms with Gasteiger partial charge in [0.1, 0.15) is 0 Å². The van der Waals surface area contributed by atoms with Crippen molar-refractivity contribution in [3.05, 3.63) is 10.4 Å². The summed E-state index contributed by atoms with van der Waals surface area (Å²) in [6.45, 7) is 11.6. The van der Waals surface area contributed by atoms with Gasteiger partial charge in [-0.15, -0.1) is 5.67 Å². The Bertz CT molecular complexity index is 162. The summed E-state index contributed by atoms with van der Waals surface area (Å²) in [6, 6.07) is 0. The lowest BCUT2D eigenvalue weighted by atomic mass is 10.4. The van der Waals surface area contributed by atoms with E-state index < -0.39 is 8.80 Å². The number of hydrogen-bond donors (Lipinski definition) is 0. The molecule has 0 rings (SSSR count). The molecule has 0 aliphatic carbocycles. The van der Waals surface area contributed by atoms with Gasteiger partial charge in [0.05, 0.1) is 8.80 Å². The van der Waals surface area contributed by atoms with E-state index in [-0.39, 0.29) is 0 Å². The minimum absolute atomic E-state index is 0.490. The van der Waals surface area contributed by atoms with Gasteiger partial charge in [-0.25, -0.2) is 0 Å². The number of hydrogen-bond acceptors (Lipinski definition) is 0. The summed E-state index contributed by atoms with van der Waals surface area (Å²) >= 11 is 0. The normalized spacial score (nSPS) is 11.1. The van der Waals surface area contributed by atoms with Crippen molar-refractivity contribution in [1.82, 2.24) is 0 Å². The Morgan fingerprint density at radius 3 is 2.18 bits per heavy atom. The molecule has 11 heavy (non-hydrogen) atoms. The summed E-state index contributed by atoms with van der Waals surface area (Å²) in [4.78, 5) is 1.83. The Morgan fingerprint density at radius 1 is 1.36 bits per heavy atom. The van der Waals surface area contributed by atoms with Crippen LogP contribution in [0, 0.1) is 0 Å². The first-order valence-electron chi connectivity index (χ1n) is 4.43. The predicted molar refractivity (Wildman–Crippen MR) is 60.8 cm³/mol. The van der Waals surface area contributed by atoms with Gasteiger partial charge in [0.15, 0.2) is 0 Å². The summed E-state index contributed by atoms with van der Waals surface area (Å²) in [7, 11) is 0.0340. The maximum absolute atomic E-state index is 2.47. The Balaban J connectivity index is 4.38. The molecule has 0 fully saturated rings. The Hall–Kier alpha value is 0.0438. The van der Waals surface area contributed by atoms with Crippen molar-refractivity contribution < 1.29 is 0 Å². The van der Waals surface area contributed by atoms with E-state index in [0.29, 0.717) is 9.13 Å². The van der Waals surface area contributed by atoms with E-state index >= 15 is 0 Å². The maximum atomic E-state index is 2.47. The second-order valence-corrected chi connectivity index (χ2v) is 8.45. The molecule has 0 N–H and O–H groups in total. The van der Waals surface area contributed by atoms with Crippen LogP contribution in [0.1, 0.15) is 27.2 Å². The van der Waals surface area contributed by atoms with E-state index in [0.717, 1.165) is 0 Å². The van der Waals surface area contributed by atoms with Gasteiger partial charge in [-0.05, 0) is 20.3 Å². The highest BCUT2D eigenvalue weighted by atomic mass is 28.3. The summed E-state index contributed by atoms with van der Waals surface area (Å²) < 4.78 is 0. The molecule has 0 atom stereocenters. The van der Waals surface area contributed by atoms with Gasteiger partial charge in [0.25, 0.3) is 0 Å². The molecule has 0 aromatic rings. The highest BCUT2D eigenvalue weighted by molar-refractivity contribution is 6.81. The van der Waals surface area contributed by atoms with Crippen LogP contribution in [-0.2, 0) is 0 Å². The third kappa shape index (κ3) is 4.48. The summed E-state index contributed by atoms with van der Waals surface area (Å²) in [5.74, 6) is 0. The highest BCUT2D eigenvalue weighted by Gasteiger charge is 2.01. The van der Waals surface area contributed by atoms with Crippen LogP contribution < -0.4 is 0 Å². The monoisotopic (exact) mass is 184 g/mol. The van der Waals surface area contributed by atoms with Gasteiger partial charge in [0, 0.05) is 9.13 Å². The molecule has 0 aromatic heterocycles. The Morgan fingerprint density at radius 2 is 1.91 bits per heavy atom. The fourth-order valence-corrected chi connectivity index (χ4v) is 5.11. The molecule has 0 nitrogen and oxygen atoms in total. The standard InChI is InChI=1S/C9H20Si2/c1-6-7-10-9(8(2)3)11(4)5/h7,10-11H,6H2,1-5H3. The van der Waals surface area contributed by atoms with Crippen LogP contribution in [-0.4, -0.2) is 23.6 Å². The molecule has 0 radical (unpaired) electrons. The van der Waals surface area contributed by atoms with Gasteiger partial charge in [-0.3, -0.25) is 0 Å². The Labute approximate surface area is 74.8 Å². The molecule has 2 heteroatoms. The number of rotatable bonds is 3. The third-order valence-electron chi connectivity index (χ3n) is 1.73. The van der Waals surface area contributed by atoms with E-state index in [1.807, 2.05) is 4.82 Å². The van der Waals surface area contributed by atoms with Crippen molar-refractivity contribution in [2.45, 2.75) is 40.3 Å². The molecule has 0 amide bonds. The van der Waals surface area contributed by atoms with Crippen molar-refractivity contribution in [1.29, 1.82) is 0 Å². The lowest BCUT2D eigenvalue weighted by Gasteiger charge is -2.06. The largest absolute Gasteiger partial charge is 0.103 e. The molecule has 0 bridgehead atoms. The molecule has 0 aliphatic heterocycles. The first-order chi connectivity index (χ1) is 5.09. The first-order valence-corrected chi connectivity index (χ1v) is 8.56. The molecule has 0 unspecified atom stereocenters. The summed E-state index contributed by atoms with van der Waals surface area (Å²) in [5, 5.41) is 0. The van der Waals surface area contributed by atoms with Crippen molar-refractivity contribution in [2.75, 3.05) is 0 Å². The summed E-state index contributed by atoms with van der Waals surface area (Å²) in [5.41, 5.74) is 4.06. The van der Waals surface area contributed by atoms with E-state index in [4.69, 9.17) is 0 Å². The highest BCUT2D eigenvalue weighted by Crippen LogP contribution is 2.03. The van der Waals surface area contributed by atoms with Gasteiger partial charge >= 0.3 is 0 Å². The minimum Gasteiger partial charge on any atom is -0.103 e. The predicted octanol–water partition coefficient (Wildman–Crippen LogP) is 1.95. The zero-order valence-electron chi connectivity index (χ0n) is 8.44. The molecule has 0 spiro atoms. The molecule has 0 aromatic carbocycles. The molecular weight excluding hydrogens is 164 g/mol. The smallest absolute Gasteiger partial charge is 0.0588 e. The van der Waals surface area contributed by atoms with Gasteiger partial charge in [0.2, 0.25) is 0 Å². The van der Waals surface area contributed by atoms with E-state index in [1.165, 1.54) is 6.42 Å². The first kappa shape index (κ1) is 11.0. The van der Waals surface area contributed by atoms with E-state index in [2.05, 4.69) is 39.5 Å². The minimum atomic E-state index is -0.490. The van der Waals surface area contributed by atoms with Crippen molar-refractivity contribution in [3.63, 3.8) is 0 Å².